The fraction of sp³-hybridized carbons (Fsp3) is 0.875. The second kappa shape index (κ2) is 8.84. The second-order valence-electron chi connectivity index (χ2n) is 7.23. The third-order valence-electron chi connectivity index (χ3n) is 4.91. The number of likely N-dealkylation sites (N-methyl/N-ethyl adjacent to an activating group) is 1. The van der Waals surface area contributed by atoms with E-state index in [2.05, 4.69) is 19.9 Å². The summed E-state index contributed by atoms with van der Waals surface area (Å²) in [7, 11) is 0.228. The minimum atomic E-state index is -3.20. The zero-order chi connectivity index (χ0) is 18.4. The monoisotopic (exact) mass is 373 g/mol. The van der Waals surface area contributed by atoms with E-state index in [1.165, 1.54) is 30.6 Å². The van der Waals surface area contributed by atoms with Crippen LogP contribution in [0.25, 0.3) is 0 Å². The first-order valence-corrected chi connectivity index (χ1v) is 10.8. The molecule has 0 aromatic rings. The highest BCUT2D eigenvalue weighted by Gasteiger charge is 2.35. The van der Waals surface area contributed by atoms with E-state index < -0.39 is 10.0 Å². The van der Waals surface area contributed by atoms with Gasteiger partial charge >= 0.3 is 0 Å². The van der Waals surface area contributed by atoms with Crippen molar-refractivity contribution < 1.29 is 13.2 Å². The third-order valence-corrected chi connectivity index (χ3v) is 5.64. The maximum atomic E-state index is 11.9. The van der Waals surface area contributed by atoms with E-state index in [1.807, 2.05) is 0 Å². The standard InChI is InChI=1S/C16H31N5O3S/c1-20(2)15(22)10-18-16(17-8-9-19-25(3,23)24)21-11-13-6-4-5-7-14(13)12-21/h13-14,19H,4-12H2,1-3H3,(H,17,18). The Balaban J connectivity index is 1.96. The lowest BCUT2D eigenvalue weighted by Crippen LogP contribution is -2.44. The molecule has 2 rings (SSSR count). The largest absolute Gasteiger partial charge is 0.355 e. The molecule has 2 N–H and O–H groups in total. The summed E-state index contributed by atoms with van der Waals surface area (Å²) in [4.78, 5) is 20.1. The van der Waals surface area contributed by atoms with Gasteiger partial charge in [0.1, 0.15) is 6.54 Å². The first-order valence-electron chi connectivity index (χ1n) is 8.94. The number of rotatable bonds is 6. The summed E-state index contributed by atoms with van der Waals surface area (Å²) in [5.41, 5.74) is 0. The van der Waals surface area contributed by atoms with Crippen LogP contribution in [0.3, 0.4) is 0 Å². The van der Waals surface area contributed by atoms with Crippen molar-refractivity contribution in [2.45, 2.75) is 25.7 Å². The highest BCUT2D eigenvalue weighted by Crippen LogP contribution is 2.35. The molecule has 1 amide bonds. The quantitative estimate of drug-likeness (QED) is 0.378. The molecular weight excluding hydrogens is 342 g/mol. The number of likely N-dealkylation sites (tertiary alicyclic amines) is 1. The van der Waals surface area contributed by atoms with Crippen LogP contribution in [0.4, 0.5) is 0 Å². The van der Waals surface area contributed by atoms with Gasteiger partial charge in [0, 0.05) is 40.3 Å². The Morgan fingerprint density at radius 3 is 2.28 bits per heavy atom. The lowest BCUT2D eigenvalue weighted by atomic mass is 9.82. The molecule has 1 saturated carbocycles. The molecule has 8 nitrogen and oxygen atoms in total. The van der Waals surface area contributed by atoms with Crippen LogP contribution in [0.5, 0.6) is 0 Å². The van der Waals surface area contributed by atoms with E-state index in [9.17, 15) is 13.2 Å². The SMILES string of the molecule is CN(C)C(=O)CN=C(NCCNS(C)(=O)=O)N1CC2CCCCC2C1. The molecule has 1 aliphatic carbocycles. The van der Waals surface area contributed by atoms with Crippen molar-refractivity contribution in [2.24, 2.45) is 16.8 Å². The fourth-order valence-corrected chi connectivity index (χ4v) is 4.01. The number of sulfonamides is 1. The van der Waals surface area contributed by atoms with Crippen LogP contribution in [0.15, 0.2) is 4.99 Å². The summed E-state index contributed by atoms with van der Waals surface area (Å²) in [5.74, 6) is 2.07. The van der Waals surface area contributed by atoms with E-state index in [4.69, 9.17) is 0 Å². The summed E-state index contributed by atoms with van der Waals surface area (Å²) in [5, 5.41) is 3.22. The highest BCUT2D eigenvalue weighted by atomic mass is 32.2. The lowest BCUT2D eigenvalue weighted by molar-refractivity contribution is -0.127. The maximum Gasteiger partial charge on any atom is 0.243 e. The van der Waals surface area contributed by atoms with Crippen molar-refractivity contribution in [3.05, 3.63) is 0 Å². The number of guanidine groups is 1. The van der Waals surface area contributed by atoms with Crippen molar-refractivity contribution >= 4 is 21.9 Å². The van der Waals surface area contributed by atoms with Gasteiger partial charge in [0.05, 0.1) is 6.26 Å². The minimum absolute atomic E-state index is 0.0508. The van der Waals surface area contributed by atoms with Gasteiger partial charge < -0.3 is 15.1 Å². The molecule has 25 heavy (non-hydrogen) atoms. The molecule has 0 bridgehead atoms. The molecule has 0 aromatic carbocycles. The van der Waals surface area contributed by atoms with Gasteiger partial charge in [-0.1, -0.05) is 12.8 Å². The molecule has 2 atom stereocenters. The number of hydrogen-bond acceptors (Lipinski definition) is 4. The number of nitrogens with zero attached hydrogens (tertiary/aromatic N) is 3. The average molecular weight is 374 g/mol. The maximum absolute atomic E-state index is 11.9. The first-order chi connectivity index (χ1) is 11.8. The third kappa shape index (κ3) is 6.47. The molecule has 1 heterocycles. The van der Waals surface area contributed by atoms with Gasteiger partial charge in [0.25, 0.3) is 0 Å². The zero-order valence-electron chi connectivity index (χ0n) is 15.5. The van der Waals surface area contributed by atoms with Gasteiger partial charge in [-0.3, -0.25) is 4.79 Å². The number of aliphatic imine (C=N–C) groups is 1. The van der Waals surface area contributed by atoms with E-state index in [1.54, 1.807) is 14.1 Å². The van der Waals surface area contributed by atoms with Crippen molar-refractivity contribution in [1.29, 1.82) is 0 Å². The van der Waals surface area contributed by atoms with Crippen LogP contribution in [0.2, 0.25) is 0 Å². The Kier molecular flexibility index (Phi) is 7.06. The number of carbonyl (C=O) groups is 1. The predicted molar refractivity (Wildman–Crippen MR) is 98.9 cm³/mol. The summed E-state index contributed by atoms with van der Waals surface area (Å²) in [6, 6.07) is 0. The molecule has 2 fully saturated rings. The van der Waals surface area contributed by atoms with E-state index in [-0.39, 0.29) is 12.5 Å². The Morgan fingerprint density at radius 1 is 1.16 bits per heavy atom. The van der Waals surface area contributed by atoms with Crippen molar-refractivity contribution in [3.63, 3.8) is 0 Å². The lowest BCUT2D eigenvalue weighted by Gasteiger charge is -2.22. The van der Waals surface area contributed by atoms with Crippen LogP contribution in [-0.2, 0) is 14.8 Å². The summed E-state index contributed by atoms with van der Waals surface area (Å²) in [6.07, 6.45) is 6.27. The van der Waals surface area contributed by atoms with Gasteiger partial charge in [0.2, 0.25) is 15.9 Å². The molecule has 1 saturated heterocycles. The topological polar surface area (TPSA) is 94.1 Å². The molecule has 0 radical (unpaired) electrons. The van der Waals surface area contributed by atoms with E-state index in [0.717, 1.165) is 19.3 Å². The fourth-order valence-electron chi connectivity index (χ4n) is 3.54. The molecule has 1 aliphatic heterocycles. The normalized spacial score (nSPS) is 24.1. The Morgan fingerprint density at radius 2 is 1.76 bits per heavy atom. The summed E-state index contributed by atoms with van der Waals surface area (Å²) < 4.78 is 24.8. The van der Waals surface area contributed by atoms with Gasteiger partial charge in [-0.25, -0.2) is 18.1 Å². The van der Waals surface area contributed by atoms with E-state index >= 15 is 0 Å². The van der Waals surface area contributed by atoms with Crippen LogP contribution < -0.4 is 10.0 Å². The zero-order valence-corrected chi connectivity index (χ0v) is 16.3. The molecule has 0 spiro atoms. The molecule has 2 aliphatic rings. The minimum Gasteiger partial charge on any atom is -0.355 e. The van der Waals surface area contributed by atoms with Crippen LogP contribution in [-0.4, -0.2) is 83.2 Å². The molecular formula is C16H31N5O3S. The Labute approximate surface area is 151 Å². The van der Waals surface area contributed by atoms with Crippen LogP contribution in [0, 0.1) is 11.8 Å². The Bertz CT molecular complexity index is 577. The van der Waals surface area contributed by atoms with Gasteiger partial charge in [-0.2, -0.15) is 0 Å². The summed E-state index contributed by atoms with van der Waals surface area (Å²) >= 11 is 0. The number of nitrogens with one attached hydrogen (secondary N) is 2. The van der Waals surface area contributed by atoms with E-state index in [0.29, 0.717) is 30.9 Å². The summed E-state index contributed by atoms with van der Waals surface area (Å²) in [6.45, 7) is 2.76. The van der Waals surface area contributed by atoms with Crippen molar-refractivity contribution in [3.8, 4) is 0 Å². The number of hydrogen-bond donors (Lipinski definition) is 2. The first kappa shape index (κ1) is 20.0. The highest BCUT2D eigenvalue weighted by molar-refractivity contribution is 7.88. The number of fused-ring (bicyclic) bond motifs is 1. The molecule has 0 aromatic heterocycles. The Hall–Kier alpha value is -1.35. The van der Waals surface area contributed by atoms with Crippen molar-refractivity contribution in [2.75, 3.05) is 53.1 Å². The molecule has 2 unspecified atom stereocenters. The van der Waals surface area contributed by atoms with Gasteiger partial charge in [0.15, 0.2) is 5.96 Å². The van der Waals surface area contributed by atoms with Gasteiger partial charge in [-0.15, -0.1) is 0 Å². The van der Waals surface area contributed by atoms with Crippen LogP contribution >= 0.6 is 0 Å². The number of amides is 1. The van der Waals surface area contributed by atoms with Gasteiger partial charge in [-0.05, 0) is 24.7 Å². The number of carbonyl (C=O) groups excluding carboxylic acids is 1. The van der Waals surface area contributed by atoms with Crippen LogP contribution in [0.1, 0.15) is 25.7 Å². The second-order valence-corrected chi connectivity index (χ2v) is 9.06. The van der Waals surface area contributed by atoms with Crippen molar-refractivity contribution in [1.82, 2.24) is 19.8 Å². The predicted octanol–water partition coefficient (Wildman–Crippen LogP) is -0.309. The smallest absolute Gasteiger partial charge is 0.243 e. The average Bonchev–Trinajstić information content (AvgIpc) is 2.96. The molecule has 144 valence electrons. The molecule has 9 heteroatoms.